The highest BCUT2D eigenvalue weighted by molar-refractivity contribution is 6.12. The van der Waals surface area contributed by atoms with Gasteiger partial charge in [0.1, 0.15) is 0 Å². The van der Waals surface area contributed by atoms with Gasteiger partial charge in [-0.2, -0.15) is 0 Å². The van der Waals surface area contributed by atoms with Crippen molar-refractivity contribution in [1.29, 1.82) is 0 Å². The number of benzene rings is 7. The minimum atomic E-state index is 0.715. The van der Waals surface area contributed by atoms with Gasteiger partial charge in [-0.25, -0.2) is 9.97 Å². The number of fused-ring (bicyclic) bond motifs is 6. The molecule has 0 saturated carbocycles. The monoisotopic (exact) mass is 638 g/mol. The SMILES string of the molecule is c1ccc(-c2cc(-c3ccc(-n4c5ccccc5c5cc(-n6c7ccccc7c7ccccc76)ccc54)cc3)nc(-c3ccccc3)n2)cc1. The van der Waals surface area contributed by atoms with Crippen LogP contribution in [-0.4, -0.2) is 19.1 Å². The van der Waals surface area contributed by atoms with Crippen LogP contribution in [0.25, 0.3) is 88.9 Å². The van der Waals surface area contributed by atoms with Crippen molar-refractivity contribution in [3.05, 3.63) is 182 Å². The van der Waals surface area contributed by atoms with Gasteiger partial charge in [-0.3, -0.25) is 0 Å². The topological polar surface area (TPSA) is 35.6 Å². The first-order valence-corrected chi connectivity index (χ1v) is 16.9. The van der Waals surface area contributed by atoms with Gasteiger partial charge in [-0.15, -0.1) is 0 Å². The molecule has 0 aliphatic carbocycles. The molecule has 10 rings (SSSR count). The van der Waals surface area contributed by atoms with Crippen LogP contribution in [0.15, 0.2) is 182 Å². The Kier molecular flexibility index (Phi) is 6.46. The zero-order valence-corrected chi connectivity index (χ0v) is 27.1. The molecule has 50 heavy (non-hydrogen) atoms. The van der Waals surface area contributed by atoms with E-state index in [1.165, 1.54) is 43.6 Å². The van der Waals surface area contributed by atoms with Crippen LogP contribution in [0.3, 0.4) is 0 Å². The fourth-order valence-electron chi connectivity index (χ4n) is 7.43. The van der Waals surface area contributed by atoms with Crippen LogP contribution in [0.2, 0.25) is 0 Å². The first-order valence-electron chi connectivity index (χ1n) is 16.9. The Morgan fingerprint density at radius 3 is 1.30 bits per heavy atom. The van der Waals surface area contributed by atoms with Gasteiger partial charge in [0.15, 0.2) is 5.82 Å². The van der Waals surface area contributed by atoms with Crippen LogP contribution in [-0.2, 0) is 0 Å². The zero-order chi connectivity index (χ0) is 33.0. The third-order valence-corrected chi connectivity index (χ3v) is 9.74. The van der Waals surface area contributed by atoms with E-state index in [0.717, 1.165) is 39.5 Å². The minimum absolute atomic E-state index is 0.715. The van der Waals surface area contributed by atoms with Crippen molar-refractivity contribution in [3.8, 4) is 45.3 Å². The van der Waals surface area contributed by atoms with Crippen molar-refractivity contribution >= 4 is 43.6 Å². The molecule has 4 heteroatoms. The Bertz CT molecular complexity index is 2740. The van der Waals surface area contributed by atoms with Gasteiger partial charge in [-0.1, -0.05) is 127 Å². The molecule has 10 aromatic rings. The average Bonchev–Trinajstić information content (AvgIpc) is 3.71. The van der Waals surface area contributed by atoms with Gasteiger partial charge in [0.25, 0.3) is 0 Å². The quantitative estimate of drug-likeness (QED) is 0.188. The summed E-state index contributed by atoms with van der Waals surface area (Å²) in [6.07, 6.45) is 0. The molecule has 0 N–H and O–H groups in total. The Hall–Kier alpha value is -6.78. The maximum absolute atomic E-state index is 5.05. The summed E-state index contributed by atoms with van der Waals surface area (Å²) in [7, 11) is 0. The molecular formula is C46H30N4. The molecule has 7 aromatic carbocycles. The Balaban J connectivity index is 1.11. The fraction of sp³-hybridized carbons (Fsp3) is 0. The first kappa shape index (κ1) is 28.3. The van der Waals surface area contributed by atoms with Gasteiger partial charge in [-0.05, 0) is 54.6 Å². The van der Waals surface area contributed by atoms with Crippen LogP contribution in [0.4, 0.5) is 0 Å². The summed E-state index contributed by atoms with van der Waals surface area (Å²) >= 11 is 0. The predicted octanol–water partition coefficient (Wildman–Crippen LogP) is 11.7. The average molecular weight is 639 g/mol. The van der Waals surface area contributed by atoms with Gasteiger partial charge in [0.05, 0.1) is 33.5 Å². The van der Waals surface area contributed by atoms with E-state index in [4.69, 9.17) is 9.97 Å². The second kappa shape index (κ2) is 11.4. The third-order valence-electron chi connectivity index (χ3n) is 9.74. The normalized spacial score (nSPS) is 11.6. The molecule has 3 aromatic heterocycles. The highest BCUT2D eigenvalue weighted by Gasteiger charge is 2.17. The van der Waals surface area contributed by atoms with Crippen molar-refractivity contribution in [3.63, 3.8) is 0 Å². The Morgan fingerprint density at radius 1 is 0.300 bits per heavy atom. The molecule has 3 heterocycles. The smallest absolute Gasteiger partial charge is 0.160 e. The van der Waals surface area contributed by atoms with E-state index in [1.54, 1.807) is 0 Å². The van der Waals surface area contributed by atoms with Crippen LogP contribution in [0.5, 0.6) is 0 Å². The molecule has 0 fully saturated rings. The lowest BCUT2D eigenvalue weighted by atomic mass is 10.1. The van der Waals surface area contributed by atoms with Gasteiger partial charge < -0.3 is 9.13 Å². The molecule has 0 bridgehead atoms. The predicted molar refractivity (Wildman–Crippen MR) is 207 cm³/mol. The molecule has 4 nitrogen and oxygen atoms in total. The van der Waals surface area contributed by atoms with Crippen molar-refractivity contribution in [2.45, 2.75) is 0 Å². The molecule has 234 valence electrons. The van der Waals surface area contributed by atoms with Crippen LogP contribution in [0.1, 0.15) is 0 Å². The molecule has 0 amide bonds. The maximum Gasteiger partial charge on any atom is 0.160 e. The molecular weight excluding hydrogens is 609 g/mol. The first-order chi connectivity index (χ1) is 24.8. The summed E-state index contributed by atoms with van der Waals surface area (Å²) in [6.45, 7) is 0. The van der Waals surface area contributed by atoms with Gasteiger partial charge in [0, 0.05) is 49.6 Å². The molecule has 0 unspecified atom stereocenters. The zero-order valence-electron chi connectivity index (χ0n) is 27.1. The van der Waals surface area contributed by atoms with Crippen molar-refractivity contribution in [2.75, 3.05) is 0 Å². The molecule has 0 aliphatic rings. The Labute approximate surface area is 289 Å². The van der Waals surface area contributed by atoms with Crippen molar-refractivity contribution in [1.82, 2.24) is 19.1 Å². The van der Waals surface area contributed by atoms with Crippen LogP contribution >= 0.6 is 0 Å². The van der Waals surface area contributed by atoms with E-state index >= 15 is 0 Å². The molecule has 0 radical (unpaired) electrons. The lowest BCUT2D eigenvalue weighted by Crippen LogP contribution is -1.97. The summed E-state index contributed by atoms with van der Waals surface area (Å²) in [5, 5.41) is 4.98. The summed E-state index contributed by atoms with van der Waals surface area (Å²) in [4.78, 5) is 10.0. The second-order valence-electron chi connectivity index (χ2n) is 12.7. The van der Waals surface area contributed by atoms with Crippen LogP contribution < -0.4 is 0 Å². The third kappa shape index (κ3) is 4.54. The summed E-state index contributed by atoms with van der Waals surface area (Å²) in [5.74, 6) is 0.715. The Morgan fingerprint density at radius 2 is 0.720 bits per heavy atom. The largest absolute Gasteiger partial charge is 0.309 e. The maximum atomic E-state index is 5.05. The molecule has 0 aliphatic heterocycles. The van der Waals surface area contributed by atoms with E-state index in [1.807, 2.05) is 36.4 Å². The van der Waals surface area contributed by atoms with E-state index < -0.39 is 0 Å². The number of para-hydroxylation sites is 3. The van der Waals surface area contributed by atoms with Crippen molar-refractivity contribution in [2.24, 2.45) is 0 Å². The van der Waals surface area contributed by atoms with E-state index in [-0.39, 0.29) is 0 Å². The number of aromatic nitrogens is 4. The van der Waals surface area contributed by atoms with E-state index in [9.17, 15) is 0 Å². The standard InChI is InChI=1S/C46H30N4/c1-3-13-31(14-4-1)40-30-41(48-46(47-40)33-15-5-2-6-16-33)32-23-25-34(26-24-32)49-44-22-12-9-19-38(44)39-29-35(27-28-45(39)49)50-42-20-10-7-17-36(42)37-18-8-11-21-43(37)50/h1-30H. The van der Waals surface area contributed by atoms with Crippen LogP contribution in [0, 0.1) is 0 Å². The lowest BCUT2D eigenvalue weighted by Gasteiger charge is -2.12. The number of nitrogens with zero attached hydrogens (tertiary/aromatic N) is 4. The minimum Gasteiger partial charge on any atom is -0.309 e. The lowest BCUT2D eigenvalue weighted by molar-refractivity contribution is 1.16. The number of rotatable bonds is 5. The van der Waals surface area contributed by atoms with Gasteiger partial charge in [0.2, 0.25) is 0 Å². The van der Waals surface area contributed by atoms with E-state index in [2.05, 4.69) is 155 Å². The van der Waals surface area contributed by atoms with Gasteiger partial charge >= 0.3 is 0 Å². The molecule has 0 atom stereocenters. The highest BCUT2D eigenvalue weighted by atomic mass is 15.0. The summed E-state index contributed by atoms with van der Waals surface area (Å²) in [6, 6.07) is 64.3. The molecule has 0 spiro atoms. The summed E-state index contributed by atoms with van der Waals surface area (Å²) in [5.41, 5.74) is 11.9. The van der Waals surface area contributed by atoms with Crippen molar-refractivity contribution < 1.29 is 0 Å². The second-order valence-corrected chi connectivity index (χ2v) is 12.7. The number of hydrogen-bond acceptors (Lipinski definition) is 2. The fourth-order valence-corrected chi connectivity index (χ4v) is 7.43. The number of hydrogen-bond donors (Lipinski definition) is 0. The highest BCUT2D eigenvalue weighted by Crippen LogP contribution is 2.37. The summed E-state index contributed by atoms with van der Waals surface area (Å²) < 4.78 is 4.76. The molecule has 0 saturated heterocycles. The van der Waals surface area contributed by atoms with E-state index in [0.29, 0.717) is 5.82 Å².